The molecule has 2 aromatic rings. The molecule has 1 N–H and O–H groups in total. The summed E-state index contributed by atoms with van der Waals surface area (Å²) >= 11 is 0. The average Bonchev–Trinajstić information content (AvgIpc) is 2.68. The molecule has 1 aromatic heterocycles. The lowest BCUT2D eigenvalue weighted by Crippen LogP contribution is -2.48. The number of carbonyl (C=O) groups excluding carboxylic acids is 2. The molecule has 1 aliphatic heterocycles. The van der Waals surface area contributed by atoms with Crippen molar-refractivity contribution in [2.45, 2.75) is 13.8 Å². The predicted octanol–water partition coefficient (Wildman–Crippen LogP) is 2.81. The first kappa shape index (κ1) is 18.1. The van der Waals surface area contributed by atoms with E-state index in [0.29, 0.717) is 11.1 Å². The Morgan fingerprint density at radius 3 is 2.31 bits per heavy atom. The van der Waals surface area contributed by atoms with Crippen molar-refractivity contribution in [1.29, 1.82) is 0 Å². The van der Waals surface area contributed by atoms with Crippen LogP contribution in [0, 0.1) is 0 Å². The van der Waals surface area contributed by atoms with Crippen LogP contribution in [-0.4, -0.2) is 59.2 Å². The molecule has 1 saturated heterocycles. The first-order chi connectivity index (χ1) is 12.6. The summed E-state index contributed by atoms with van der Waals surface area (Å²) in [5.41, 5.74) is 2.85. The molecule has 0 unspecified atom stereocenters. The summed E-state index contributed by atoms with van der Waals surface area (Å²) in [4.78, 5) is 32.5. The third-order valence-electron chi connectivity index (χ3n) is 4.67. The van der Waals surface area contributed by atoms with Crippen molar-refractivity contribution in [2.24, 2.45) is 0 Å². The van der Waals surface area contributed by atoms with Gasteiger partial charge in [-0.25, -0.2) is 0 Å². The molecule has 0 atom stereocenters. The van der Waals surface area contributed by atoms with Gasteiger partial charge in [0.15, 0.2) is 5.78 Å². The Bertz CT molecular complexity index is 781. The molecule has 26 heavy (non-hydrogen) atoms. The summed E-state index contributed by atoms with van der Waals surface area (Å²) in [6.45, 7) is 8.02. The molecule has 0 aliphatic carbocycles. The summed E-state index contributed by atoms with van der Waals surface area (Å²) in [6.07, 6.45) is 3.29. The number of aromatic nitrogens is 1. The molecule has 136 valence electrons. The van der Waals surface area contributed by atoms with E-state index in [2.05, 4.69) is 22.1 Å². The lowest BCUT2D eigenvalue weighted by Gasteiger charge is -2.34. The number of rotatable bonds is 5. The molecular formula is C20H24N4O2. The molecule has 0 bridgehead atoms. The van der Waals surface area contributed by atoms with Crippen LogP contribution in [0.25, 0.3) is 0 Å². The van der Waals surface area contributed by atoms with E-state index >= 15 is 0 Å². The number of amides is 1. The molecular weight excluding hydrogens is 328 g/mol. The zero-order valence-corrected chi connectivity index (χ0v) is 15.2. The zero-order valence-electron chi connectivity index (χ0n) is 15.2. The van der Waals surface area contributed by atoms with Crippen LogP contribution in [0.5, 0.6) is 0 Å². The van der Waals surface area contributed by atoms with Crippen molar-refractivity contribution in [1.82, 2.24) is 14.8 Å². The standard InChI is InChI=1S/C20H24N4O2/c1-3-23-8-10-24(11-9-23)20(26)17-12-19(14-21-13-17)22-18-6-4-16(5-7-18)15(2)25/h4-7,12-14,22H,3,8-11H2,1-2H3. The number of piperazine rings is 1. The number of Topliss-reactive ketones (excluding diaryl/α,β-unsaturated/α-hetero) is 1. The molecule has 6 heteroatoms. The normalized spacial score (nSPS) is 14.9. The highest BCUT2D eigenvalue weighted by molar-refractivity contribution is 5.95. The Kier molecular flexibility index (Phi) is 5.63. The van der Waals surface area contributed by atoms with Crippen LogP contribution in [0.1, 0.15) is 34.6 Å². The summed E-state index contributed by atoms with van der Waals surface area (Å²) in [5, 5.41) is 3.23. The van der Waals surface area contributed by atoms with Crippen molar-refractivity contribution in [3.63, 3.8) is 0 Å². The molecule has 1 aromatic carbocycles. The third kappa shape index (κ3) is 4.26. The molecule has 1 fully saturated rings. The van der Waals surface area contributed by atoms with Crippen LogP contribution in [-0.2, 0) is 0 Å². The van der Waals surface area contributed by atoms with E-state index in [9.17, 15) is 9.59 Å². The van der Waals surface area contributed by atoms with E-state index in [4.69, 9.17) is 0 Å². The molecule has 3 rings (SSSR count). The van der Waals surface area contributed by atoms with Crippen LogP contribution in [0.3, 0.4) is 0 Å². The van der Waals surface area contributed by atoms with E-state index in [0.717, 1.165) is 44.1 Å². The van der Waals surface area contributed by atoms with Gasteiger partial charge >= 0.3 is 0 Å². The number of hydrogen-bond donors (Lipinski definition) is 1. The van der Waals surface area contributed by atoms with Gasteiger partial charge in [0.05, 0.1) is 17.4 Å². The summed E-state index contributed by atoms with van der Waals surface area (Å²) in [5.74, 6) is 0.0535. The van der Waals surface area contributed by atoms with E-state index in [1.165, 1.54) is 0 Å². The smallest absolute Gasteiger partial charge is 0.255 e. The number of nitrogens with one attached hydrogen (secondary N) is 1. The van der Waals surface area contributed by atoms with Gasteiger partial charge in [0.25, 0.3) is 5.91 Å². The second kappa shape index (κ2) is 8.10. The van der Waals surface area contributed by atoms with E-state index in [1.54, 1.807) is 31.5 Å². The number of pyridine rings is 1. The number of nitrogens with zero attached hydrogens (tertiary/aromatic N) is 3. The maximum atomic E-state index is 12.7. The lowest BCUT2D eigenvalue weighted by molar-refractivity contribution is 0.0643. The second-order valence-electron chi connectivity index (χ2n) is 6.45. The highest BCUT2D eigenvalue weighted by atomic mass is 16.2. The van der Waals surface area contributed by atoms with E-state index in [-0.39, 0.29) is 11.7 Å². The van der Waals surface area contributed by atoms with Gasteiger partial charge in [-0.2, -0.15) is 0 Å². The minimum atomic E-state index is 0.0174. The highest BCUT2D eigenvalue weighted by Gasteiger charge is 2.21. The van der Waals surface area contributed by atoms with Crippen molar-refractivity contribution in [3.05, 3.63) is 53.9 Å². The Morgan fingerprint density at radius 2 is 1.69 bits per heavy atom. The quantitative estimate of drug-likeness (QED) is 0.838. The van der Waals surface area contributed by atoms with Gasteiger partial charge in [-0.3, -0.25) is 14.6 Å². The number of hydrogen-bond acceptors (Lipinski definition) is 5. The van der Waals surface area contributed by atoms with E-state index < -0.39 is 0 Å². The van der Waals surface area contributed by atoms with Crippen molar-refractivity contribution >= 4 is 23.1 Å². The first-order valence-electron chi connectivity index (χ1n) is 8.91. The van der Waals surface area contributed by atoms with E-state index in [1.807, 2.05) is 23.1 Å². The van der Waals surface area contributed by atoms with Gasteiger partial charge in [0.1, 0.15) is 0 Å². The molecule has 2 heterocycles. The second-order valence-corrected chi connectivity index (χ2v) is 6.45. The van der Waals surface area contributed by atoms with Crippen LogP contribution in [0.2, 0.25) is 0 Å². The summed E-state index contributed by atoms with van der Waals surface area (Å²) < 4.78 is 0. The van der Waals surface area contributed by atoms with Crippen LogP contribution in [0.15, 0.2) is 42.7 Å². The Balaban J connectivity index is 1.68. The molecule has 0 radical (unpaired) electrons. The fourth-order valence-electron chi connectivity index (χ4n) is 3.03. The monoisotopic (exact) mass is 352 g/mol. The van der Waals surface area contributed by atoms with Gasteiger partial charge in [0, 0.05) is 43.6 Å². The average molecular weight is 352 g/mol. The van der Waals surface area contributed by atoms with Gasteiger partial charge < -0.3 is 15.1 Å². The minimum Gasteiger partial charge on any atom is -0.354 e. The Labute approximate surface area is 153 Å². The molecule has 1 aliphatic rings. The van der Waals surface area contributed by atoms with Crippen LogP contribution >= 0.6 is 0 Å². The molecule has 0 spiro atoms. The minimum absolute atomic E-state index is 0.0174. The van der Waals surface area contributed by atoms with Crippen molar-refractivity contribution in [3.8, 4) is 0 Å². The number of ketones is 1. The molecule has 0 saturated carbocycles. The highest BCUT2D eigenvalue weighted by Crippen LogP contribution is 2.19. The van der Waals surface area contributed by atoms with Crippen molar-refractivity contribution < 1.29 is 9.59 Å². The van der Waals surface area contributed by atoms with Gasteiger partial charge in [-0.15, -0.1) is 0 Å². The SMILES string of the molecule is CCN1CCN(C(=O)c2cncc(Nc3ccc(C(C)=O)cc3)c2)CC1. The number of benzene rings is 1. The first-order valence-corrected chi connectivity index (χ1v) is 8.91. The maximum absolute atomic E-state index is 12.7. The van der Waals surface area contributed by atoms with Crippen LogP contribution in [0.4, 0.5) is 11.4 Å². The number of anilines is 2. The van der Waals surface area contributed by atoms with Crippen LogP contribution < -0.4 is 5.32 Å². The molecule has 6 nitrogen and oxygen atoms in total. The lowest BCUT2D eigenvalue weighted by atomic mass is 10.1. The summed E-state index contributed by atoms with van der Waals surface area (Å²) in [7, 11) is 0. The fourth-order valence-corrected chi connectivity index (χ4v) is 3.03. The topological polar surface area (TPSA) is 65.5 Å². The third-order valence-corrected chi connectivity index (χ3v) is 4.67. The van der Waals surface area contributed by atoms with Gasteiger partial charge in [0.2, 0.25) is 0 Å². The predicted molar refractivity (Wildman–Crippen MR) is 102 cm³/mol. The van der Waals surface area contributed by atoms with Gasteiger partial charge in [-0.05, 0) is 43.8 Å². The number of carbonyl (C=O) groups is 2. The largest absolute Gasteiger partial charge is 0.354 e. The molecule has 1 amide bonds. The Morgan fingerprint density at radius 1 is 1.00 bits per heavy atom. The fraction of sp³-hybridized carbons (Fsp3) is 0.350. The Hall–Kier alpha value is -2.73. The zero-order chi connectivity index (χ0) is 18.5. The maximum Gasteiger partial charge on any atom is 0.255 e. The summed E-state index contributed by atoms with van der Waals surface area (Å²) in [6, 6.07) is 9.06. The van der Waals surface area contributed by atoms with Crippen molar-refractivity contribution in [2.75, 3.05) is 38.0 Å². The van der Waals surface area contributed by atoms with Gasteiger partial charge in [-0.1, -0.05) is 6.92 Å². The number of likely N-dealkylation sites (N-methyl/N-ethyl adjacent to an activating group) is 1.